The average Bonchev–Trinajstić information content (AvgIpc) is 1.73. The number of hydrogen-bond acceptors (Lipinski definition) is 2. The fourth-order valence-corrected chi connectivity index (χ4v) is 2.32. The lowest BCUT2D eigenvalue weighted by Crippen LogP contribution is -2.34. The van der Waals surface area contributed by atoms with Crippen molar-refractivity contribution < 1.29 is 9.84 Å². The van der Waals surface area contributed by atoms with E-state index in [4.69, 9.17) is 4.74 Å². The van der Waals surface area contributed by atoms with Gasteiger partial charge < -0.3 is 9.84 Å². The lowest BCUT2D eigenvalue weighted by Gasteiger charge is -2.33. The van der Waals surface area contributed by atoms with Crippen LogP contribution in [0.15, 0.2) is 0 Å². The van der Waals surface area contributed by atoms with Crippen molar-refractivity contribution in [3.8, 4) is 0 Å². The van der Waals surface area contributed by atoms with E-state index in [0.29, 0.717) is 12.3 Å². The van der Waals surface area contributed by atoms with Gasteiger partial charge in [-0.05, 0) is 47.0 Å². The van der Waals surface area contributed by atoms with E-state index in [1.807, 2.05) is 20.8 Å². The van der Waals surface area contributed by atoms with Crippen LogP contribution in [-0.2, 0) is 4.74 Å². The molecule has 0 spiro atoms. The highest BCUT2D eigenvalue weighted by atomic mass is 16.5. The highest BCUT2D eigenvalue weighted by Gasteiger charge is 2.25. The van der Waals surface area contributed by atoms with Crippen LogP contribution in [-0.4, -0.2) is 22.4 Å². The van der Waals surface area contributed by atoms with Crippen LogP contribution in [0.2, 0.25) is 0 Å². The molecular weight excluding hydrogens is 188 g/mol. The highest BCUT2D eigenvalue weighted by molar-refractivity contribution is 4.75. The first-order chi connectivity index (χ1) is 6.52. The summed E-state index contributed by atoms with van der Waals surface area (Å²) in [6.45, 7) is 14.3. The molecule has 0 aromatic carbocycles. The SMILES string of the molecule is CC(C)CC(C)(C)OC(C)CC(C)(C)O. The second-order valence-corrected chi connectivity index (χ2v) is 6.30. The van der Waals surface area contributed by atoms with Crippen LogP contribution in [0.25, 0.3) is 0 Å². The summed E-state index contributed by atoms with van der Waals surface area (Å²) in [6, 6.07) is 0. The van der Waals surface area contributed by atoms with Gasteiger partial charge in [-0.3, -0.25) is 0 Å². The monoisotopic (exact) mass is 216 g/mol. The Morgan fingerprint density at radius 3 is 1.80 bits per heavy atom. The van der Waals surface area contributed by atoms with Gasteiger partial charge in [-0.15, -0.1) is 0 Å². The number of hydrogen-bond donors (Lipinski definition) is 1. The second kappa shape index (κ2) is 5.31. The third-order valence-corrected chi connectivity index (χ3v) is 2.21. The molecule has 0 aromatic rings. The quantitative estimate of drug-likeness (QED) is 0.737. The predicted octanol–water partition coefficient (Wildman–Crippen LogP) is 3.38. The molecule has 0 fully saturated rings. The van der Waals surface area contributed by atoms with Gasteiger partial charge in [-0.2, -0.15) is 0 Å². The van der Waals surface area contributed by atoms with Gasteiger partial charge in [0, 0.05) is 6.42 Å². The molecule has 0 saturated heterocycles. The van der Waals surface area contributed by atoms with E-state index in [1.165, 1.54) is 0 Å². The van der Waals surface area contributed by atoms with Crippen molar-refractivity contribution in [1.29, 1.82) is 0 Å². The first-order valence-electron chi connectivity index (χ1n) is 5.92. The lowest BCUT2D eigenvalue weighted by molar-refractivity contribution is -0.0991. The first kappa shape index (κ1) is 14.9. The van der Waals surface area contributed by atoms with Gasteiger partial charge in [-0.1, -0.05) is 13.8 Å². The molecule has 0 heterocycles. The average molecular weight is 216 g/mol. The zero-order chi connectivity index (χ0) is 12.3. The van der Waals surface area contributed by atoms with Gasteiger partial charge in [0.05, 0.1) is 17.3 Å². The van der Waals surface area contributed by atoms with Gasteiger partial charge in [0.25, 0.3) is 0 Å². The Bertz CT molecular complexity index is 177. The maximum absolute atomic E-state index is 9.69. The van der Waals surface area contributed by atoms with E-state index < -0.39 is 5.60 Å². The molecule has 1 unspecified atom stereocenters. The minimum atomic E-state index is -0.646. The summed E-state index contributed by atoms with van der Waals surface area (Å²) in [4.78, 5) is 0. The van der Waals surface area contributed by atoms with E-state index in [1.54, 1.807) is 0 Å². The summed E-state index contributed by atoms with van der Waals surface area (Å²) in [7, 11) is 0. The largest absolute Gasteiger partial charge is 0.390 e. The molecule has 15 heavy (non-hydrogen) atoms. The summed E-state index contributed by atoms with van der Waals surface area (Å²) in [5, 5.41) is 9.69. The van der Waals surface area contributed by atoms with E-state index >= 15 is 0 Å². The molecule has 1 N–H and O–H groups in total. The normalized spacial score (nSPS) is 15.8. The van der Waals surface area contributed by atoms with Gasteiger partial charge in [0.2, 0.25) is 0 Å². The smallest absolute Gasteiger partial charge is 0.0632 e. The van der Waals surface area contributed by atoms with E-state index in [0.717, 1.165) is 6.42 Å². The Morgan fingerprint density at radius 2 is 1.47 bits per heavy atom. The third kappa shape index (κ3) is 8.88. The Labute approximate surface area is 95.0 Å². The van der Waals surface area contributed by atoms with Gasteiger partial charge in [0.1, 0.15) is 0 Å². The first-order valence-corrected chi connectivity index (χ1v) is 5.92. The molecule has 2 nitrogen and oxygen atoms in total. The molecule has 2 heteroatoms. The Balaban J connectivity index is 4.10. The van der Waals surface area contributed by atoms with Crippen LogP contribution < -0.4 is 0 Å². The Hall–Kier alpha value is -0.0800. The number of aliphatic hydroxyl groups is 1. The van der Waals surface area contributed by atoms with Gasteiger partial charge >= 0.3 is 0 Å². The summed E-state index contributed by atoms with van der Waals surface area (Å²) in [5.74, 6) is 0.634. The molecular formula is C13H28O2. The lowest BCUT2D eigenvalue weighted by atomic mass is 9.95. The molecule has 0 aliphatic rings. The predicted molar refractivity (Wildman–Crippen MR) is 65.0 cm³/mol. The van der Waals surface area contributed by atoms with Crippen LogP contribution in [0.3, 0.4) is 0 Å². The van der Waals surface area contributed by atoms with Crippen LogP contribution in [0, 0.1) is 5.92 Å². The molecule has 0 saturated carbocycles. The highest BCUT2D eigenvalue weighted by Crippen LogP contribution is 2.24. The molecule has 0 aliphatic carbocycles. The Kier molecular flexibility index (Phi) is 5.28. The summed E-state index contributed by atoms with van der Waals surface area (Å²) in [6.07, 6.45) is 1.82. The topological polar surface area (TPSA) is 29.5 Å². The van der Waals surface area contributed by atoms with Gasteiger partial charge in [-0.25, -0.2) is 0 Å². The van der Waals surface area contributed by atoms with Crippen molar-refractivity contribution in [3.63, 3.8) is 0 Å². The van der Waals surface area contributed by atoms with Crippen LogP contribution in [0.4, 0.5) is 0 Å². The fraction of sp³-hybridized carbons (Fsp3) is 1.00. The van der Waals surface area contributed by atoms with Crippen molar-refractivity contribution in [2.75, 3.05) is 0 Å². The Morgan fingerprint density at radius 1 is 1.00 bits per heavy atom. The minimum Gasteiger partial charge on any atom is -0.390 e. The zero-order valence-corrected chi connectivity index (χ0v) is 11.4. The molecule has 0 radical (unpaired) electrons. The maximum atomic E-state index is 9.69. The summed E-state index contributed by atoms with van der Waals surface area (Å²) >= 11 is 0. The molecule has 0 rings (SSSR count). The van der Waals surface area contributed by atoms with Crippen LogP contribution in [0.5, 0.6) is 0 Å². The minimum absolute atomic E-state index is 0.0961. The molecule has 1 atom stereocenters. The molecule has 0 aromatic heterocycles. The number of ether oxygens (including phenoxy) is 1. The fourth-order valence-electron chi connectivity index (χ4n) is 2.32. The standard InChI is InChI=1S/C13H28O2/c1-10(2)8-13(6,7)15-11(3)9-12(4,5)14/h10-11,14H,8-9H2,1-7H3. The van der Waals surface area contributed by atoms with E-state index in [9.17, 15) is 5.11 Å². The molecule has 92 valence electrons. The van der Waals surface area contributed by atoms with Crippen molar-refractivity contribution in [2.45, 2.75) is 78.6 Å². The second-order valence-electron chi connectivity index (χ2n) is 6.30. The molecule has 0 bridgehead atoms. The van der Waals surface area contributed by atoms with Crippen molar-refractivity contribution >= 4 is 0 Å². The number of rotatable bonds is 6. The van der Waals surface area contributed by atoms with E-state index in [2.05, 4.69) is 27.7 Å². The zero-order valence-electron chi connectivity index (χ0n) is 11.4. The molecule has 0 aliphatic heterocycles. The summed E-state index contributed by atoms with van der Waals surface area (Å²) < 4.78 is 5.96. The summed E-state index contributed by atoms with van der Waals surface area (Å²) in [5.41, 5.74) is -0.744. The van der Waals surface area contributed by atoms with Crippen molar-refractivity contribution in [1.82, 2.24) is 0 Å². The third-order valence-electron chi connectivity index (χ3n) is 2.21. The van der Waals surface area contributed by atoms with Crippen molar-refractivity contribution in [2.24, 2.45) is 5.92 Å². The van der Waals surface area contributed by atoms with Crippen LogP contribution >= 0.6 is 0 Å². The van der Waals surface area contributed by atoms with Crippen LogP contribution in [0.1, 0.15) is 61.3 Å². The molecule has 0 amide bonds. The van der Waals surface area contributed by atoms with Crippen molar-refractivity contribution in [3.05, 3.63) is 0 Å². The maximum Gasteiger partial charge on any atom is 0.0632 e. The van der Waals surface area contributed by atoms with Gasteiger partial charge in [0.15, 0.2) is 0 Å². The van der Waals surface area contributed by atoms with E-state index in [-0.39, 0.29) is 11.7 Å².